The van der Waals surface area contributed by atoms with Crippen molar-refractivity contribution in [3.63, 3.8) is 0 Å². The molecule has 0 unspecified atom stereocenters. The van der Waals surface area contributed by atoms with Crippen LogP contribution in [0.15, 0.2) is 18.2 Å². The molecule has 0 atom stereocenters. The van der Waals surface area contributed by atoms with Crippen LogP contribution in [0.5, 0.6) is 0 Å². The summed E-state index contributed by atoms with van der Waals surface area (Å²) >= 11 is 13.2. The molecule has 1 rings (SSSR count). The van der Waals surface area contributed by atoms with Crippen LogP contribution in [-0.2, 0) is 19.0 Å². The van der Waals surface area contributed by atoms with Crippen LogP contribution >= 0.6 is 23.8 Å². The third-order valence-electron chi connectivity index (χ3n) is 1.67. The molecule has 88 valence electrons. The molecule has 2 N–H and O–H groups in total. The maximum absolute atomic E-state index is 12.5. The van der Waals surface area contributed by atoms with E-state index in [1.165, 1.54) is 12.1 Å². The lowest BCUT2D eigenvalue weighted by molar-refractivity contribution is -0.137. The average molecular weight is 288 g/mol. The molecule has 0 saturated carbocycles. The van der Waals surface area contributed by atoms with Crippen molar-refractivity contribution in [2.75, 3.05) is 5.32 Å². The number of rotatable bonds is 1. The van der Waals surface area contributed by atoms with E-state index in [1.807, 2.05) is 0 Å². The van der Waals surface area contributed by atoms with Gasteiger partial charge in [0.15, 0.2) is 0 Å². The van der Waals surface area contributed by atoms with Gasteiger partial charge in [-0.2, -0.15) is 17.9 Å². The Labute approximate surface area is 106 Å². The summed E-state index contributed by atoms with van der Waals surface area (Å²) in [5.74, 6) is 0. The van der Waals surface area contributed by atoms with Crippen molar-refractivity contribution in [2.24, 2.45) is 0 Å². The number of anilines is 1. The minimum absolute atomic E-state index is 0.0900. The lowest BCUT2D eigenvalue weighted by Crippen LogP contribution is -2.23. The van der Waals surface area contributed by atoms with E-state index in [0.29, 0.717) is 0 Å². The zero-order valence-electron chi connectivity index (χ0n) is 7.65. The molecule has 8 heteroatoms. The minimum atomic E-state index is -4.49. The molecule has 0 heterocycles. The lowest BCUT2D eigenvalue weighted by atomic mass is 10.2. The van der Waals surface area contributed by atoms with E-state index in [4.69, 9.17) is 23.8 Å². The Morgan fingerprint density at radius 2 is 2.00 bits per heavy atom. The van der Waals surface area contributed by atoms with Crippen molar-refractivity contribution in [1.82, 2.24) is 4.72 Å². The first-order valence-electron chi connectivity index (χ1n) is 3.95. The van der Waals surface area contributed by atoms with Gasteiger partial charge in [-0.15, -0.1) is 0 Å². The maximum atomic E-state index is 12.5. The van der Waals surface area contributed by atoms with Crippen LogP contribution in [-0.4, -0.2) is 5.11 Å². The van der Waals surface area contributed by atoms with Gasteiger partial charge in [0.05, 0.1) is 29.1 Å². The molecular weight excluding hydrogens is 281 g/mol. The molecule has 0 aliphatic rings. The molecule has 0 aromatic heterocycles. The van der Waals surface area contributed by atoms with E-state index in [-0.39, 0.29) is 10.8 Å². The molecule has 2 nitrogen and oxygen atoms in total. The number of hydrogen-bond acceptors (Lipinski definition) is 1. The van der Waals surface area contributed by atoms with Crippen LogP contribution in [0.25, 0.3) is 0 Å². The highest BCUT2D eigenvalue weighted by atomic mass is 35.5. The van der Waals surface area contributed by atoms with Crippen molar-refractivity contribution in [3.8, 4) is 0 Å². The Morgan fingerprint density at radius 3 is 2.50 bits per heavy atom. The molecule has 0 saturated heterocycles. The van der Waals surface area contributed by atoms with Gasteiger partial charge in [-0.25, -0.2) is 0 Å². The molecule has 0 fully saturated rings. The molecule has 16 heavy (non-hydrogen) atoms. The first-order valence-corrected chi connectivity index (χ1v) is 5.24. The summed E-state index contributed by atoms with van der Waals surface area (Å²) in [7, 11) is 0. The van der Waals surface area contributed by atoms with Crippen LogP contribution < -0.4 is 10.0 Å². The number of nitrogens with one attached hydrogen (secondary N) is 2. The third kappa shape index (κ3) is 3.16. The highest BCUT2D eigenvalue weighted by molar-refractivity contribution is 7.81. The largest absolute Gasteiger partial charge is 0.417 e. The molecule has 0 aliphatic carbocycles. The first kappa shape index (κ1) is 13.4. The van der Waals surface area contributed by atoms with Gasteiger partial charge in [-0.05, 0) is 24.4 Å². The summed E-state index contributed by atoms with van der Waals surface area (Å²) in [4.78, 5) is 0. The van der Waals surface area contributed by atoms with E-state index in [9.17, 15) is 13.2 Å². The first-order chi connectivity index (χ1) is 7.36. The van der Waals surface area contributed by atoms with Crippen molar-refractivity contribution < 1.29 is 13.2 Å². The summed E-state index contributed by atoms with van der Waals surface area (Å²) in [6.45, 7) is 0. The van der Waals surface area contributed by atoms with Gasteiger partial charge < -0.3 is 5.32 Å². The molecule has 0 amide bonds. The molecule has 0 bridgehead atoms. The van der Waals surface area contributed by atoms with Gasteiger partial charge in [0.25, 0.3) is 0 Å². The van der Waals surface area contributed by atoms with Gasteiger partial charge in [-0.1, -0.05) is 17.7 Å². The second kappa shape index (κ2) is 5.11. The zero-order valence-corrected chi connectivity index (χ0v) is 10.2. The fourth-order valence-corrected chi connectivity index (χ4v) is 1.45. The van der Waals surface area contributed by atoms with Crippen LogP contribution in [0.2, 0.25) is 5.02 Å². The van der Waals surface area contributed by atoms with E-state index in [1.54, 1.807) is 0 Å². The summed E-state index contributed by atoms with van der Waals surface area (Å²) in [5, 5.41) is 2.20. The van der Waals surface area contributed by atoms with Gasteiger partial charge in [0.2, 0.25) is 5.11 Å². The summed E-state index contributed by atoms with van der Waals surface area (Å²) in [6, 6.07) is 3.54. The van der Waals surface area contributed by atoms with Crippen LogP contribution in [0, 0.1) is 0 Å². The maximum Gasteiger partial charge on any atom is 0.417 e. The monoisotopic (exact) mass is 287 g/mol. The molecule has 0 aliphatic heterocycles. The van der Waals surface area contributed by atoms with Crippen molar-refractivity contribution in [1.29, 1.82) is 0 Å². The van der Waals surface area contributed by atoms with E-state index in [0.717, 1.165) is 6.07 Å². The number of halogens is 4. The van der Waals surface area contributed by atoms with Crippen LogP contribution in [0.3, 0.4) is 0 Å². The standard InChI is InChI=1S/C8H6ClF3N2S2/c9-6-4(8(10,11)12)2-1-3-5(6)13-7(15)14-16/h1-3,16H,(H2,13,14,15)/p+1. The fourth-order valence-electron chi connectivity index (χ4n) is 1.00. The Hall–Kier alpha value is -0.660. The summed E-state index contributed by atoms with van der Waals surface area (Å²) < 4.78 is 39.8. The molecule has 0 radical (unpaired) electrons. The molecule has 1 aromatic rings. The third-order valence-corrected chi connectivity index (χ3v) is 2.71. The summed E-state index contributed by atoms with van der Waals surface area (Å²) in [5.41, 5.74) is -0.817. The van der Waals surface area contributed by atoms with Gasteiger partial charge >= 0.3 is 6.18 Å². The minimum Gasteiger partial charge on any atom is -0.328 e. The predicted molar refractivity (Wildman–Crippen MR) is 66.0 cm³/mol. The van der Waals surface area contributed by atoms with E-state index < -0.39 is 16.8 Å². The average Bonchev–Trinajstić information content (AvgIpc) is 2.19. The molecular formula is C8H7ClF3N2S2+. The predicted octanol–water partition coefficient (Wildman–Crippen LogP) is 2.57. The Kier molecular flexibility index (Phi) is 4.28. The number of hydrogen-bond donors (Lipinski definition) is 2. The highest BCUT2D eigenvalue weighted by Crippen LogP contribution is 2.38. The highest BCUT2D eigenvalue weighted by Gasteiger charge is 2.33. The normalized spacial score (nSPS) is 11.1. The second-order valence-electron chi connectivity index (χ2n) is 2.74. The number of benzene rings is 1. The van der Waals surface area contributed by atoms with Gasteiger partial charge in [-0.3, -0.25) is 0 Å². The quantitative estimate of drug-likeness (QED) is 0.613. The number of thiocarbonyl (C=S) groups is 1. The molecule has 1 aromatic carbocycles. The van der Waals surface area contributed by atoms with Crippen molar-refractivity contribution in [3.05, 3.63) is 28.8 Å². The second-order valence-corrected chi connectivity index (χ2v) is 3.78. The van der Waals surface area contributed by atoms with E-state index >= 15 is 0 Å². The van der Waals surface area contributed by atoms with E-state index in [2.05, 4.69) is 22.9 Å². The molecule has 0 spiro atoms. The Morgan fingerprint density at radius 1 is 1.38 bits per heavy atom. The Balaban J connectivity index is 3.09. The smallest absolute Gasteiger partial charge is 0.328 e. The SMILES string of the molecule is FC(F)(F)c1cccc(NC(=S)N[SH2+])c1Cl. The van der Waals surface area contributed by atoms with Crippen LogP contribution in [0.1, 0.15) is 5.56 Å². The van der Waals surface area contributed by atoms with Crippen LogP contribution in [0.4, 0.5) is 18.9 Å². The zero-order chi connectivity index (χ0) is 12.3. The van der Waals surface area contributed by atoms with Gasteiger partial charge in [0, 0.05) is 0 Å². The summed E-state index contributed by atoms with van der Waals surface area (Å²) in [6.07, 6.45) is -4.49. The lowest BCUT2D eigenvalue weighted by Gasteiger charge is -2.12. The van der Waals surface area contributed by atoms with Gasteiger partial charge in [0.1, 0.15) is 0 Å². The Bertz CT molecular complexity index is 409. The number of alkyl halides is 3. The van der Waals surface area contributed by atoms with Crippen molar-refractivity contribution >= 4 is 47.4 Å². The fraction of sp³-hybridized carbons (Fsp3) is 0.125. The topological polar surface area (TPSA) is 24.1 Å². The van der Waals surface area contributed by atoms with Crippen molar-refractivity contribution in [2.45, 2.75) is 6.18 Å².